The molecule has 3 rings (SSSR count). The summed E-state index contributed by atoms with van der Waals surface area (Å²) in [5, 5.41) is 11.7. The summed E-state index contributed by atoms with van der Waals surface area (Å²) >= 11 is 1.27. The Balaban J connectivity index is 1.79. The number of furan rings is 1. The highest BCUT2D eigenvalue weighted by molar-refractivity contribution is 7.18. The molecule has 3 aromatic rings. The maximum absolute atomic E-state index is 11.8. The quantitative estimate of drug-likeness (QED) is 0.722. The number of anilines is 2. The average Bonchev–Trinajstić information content (AvgIpc) is 3.10. The second kappa shape index (κ2) is 5.14. The van der Waals surface area contributed by atoms with E-state index in [0.29, 0.717) is 15.8 Å². The summed E-state index contributed by atoms with van der Waals surface area (Å²) in [6.45, 7) is 0. The Kier molecular flexibility index (Phi) is 3.18. The van der Waals surface area contributed by atoms with Crippen LogP contribution < -0.4 is 11.1 Å². The number of carbonyl (C=O) groups is 1. The predicted molar refractivity (Wildman–Crippen MR) is 76.4 cm³/mol. The molecule has 0 saturated heterocycles. The molecule has 0 aliphatic heterocycles. The van der Waals surface area contributed by atoms with Crippen molar-refractivity contribution in [3.05, 3.63) is 48.4 Å². The number of nitrogen functional groups attached to an aromatic ring is 1. The van der Waals surface area contributed by atoms with Crippen LogP contribution in [0.4, 0.5) is 10.8 Å². The molecule has 0 aliphatic rings. The van der Waals surface area contributed by atoms with Gasteiger partial charge in [0.05, 0.1) is 6.26 Å². The van der Waals surface area contributed by atoms with Gasteiger partial charge in [0.1, 0.15) is 5.01 Å². The lowest BCUT2D eigenvalue weighted by Crippen LogP contribution is -2.10. The number of nitrogens with zero attached hydrogens (tertiary/aromatic N) is 2. The number of hydrogen-bond donors (Lipinski definition) is 2. The molecule has 1 amide bonds. The first-order valence-corrected chi connectivity index (χ1v) is 6.58. The van der Waals surface area contributed by atoms with Gasteiger partial charge in [0.25, 0.3) is 5.91 Å². The molecule has 100 valence electrons. The van der Waals surface area contributed by atoms with Crippen LogP contribution in [0.1, 0.15) is 10.6 Å². The fraction of sp³-hybridized carbons (Fsp3) is 0. The molecule has 7 heteroatoms. The Morgan fingerprint density at radius 2 is 2.15 bits per heavy atom. The molecular formula is C13H10N4O2S. The van der Waals surface area contributed by atoms with Gasteiger partial charge in [-0.2, -0.15) is 0 Å². The second-order valence-corrected chi connectivity index (χ2v) is 4.95. The van der Waals surface area contributed by atoms with E-state index in [1.165, 1.54) is 17.6 Å². The Hall–Kier alpha value is -2.67. The van der Waals surface area contributed by atoms with Crippen LogP contribution >= 0.6 is 11.3 Å². The van der Waals surface area contributed by atoms with Crippen molar-refractivity contribution < 1.29 is 9.21 Å². The van der Waals surface area contributed by atoms with Gasteiger partial charge in [0, 0.05) is 11.3 Å². The fourth-order valence-electron chi connectivity index (χ4n) is 1.63. The molecule has 0 spiro atoms. The van der Waals surface area contributed by atoms with Gasteiger partial charge in [-0.15, -0.1) is 10.2 Å². The van der Waals surface area contributed by atoms with Crippen LogP contribution in [-0.4, -0.2) is 16.1 Å². The Bertz CT molecular complexity index is 736. The molecule has 0 unspecified atom stereocenters. The van der Waals surface area contributed by atoms with Crippen molar-refractivity contribution in [2.75, 3.05) is 11.1 Å². The first kappa shape index (κ1) is 12.4. The van der Waals surface area contributed by atoms with E-state index < -0.39 is 0 Å². The van der Waals surface area contributed by atoms with Crippen LogP contribution in [0.3, 0.4) is 0 Å². The molecule has 6 nitrogen and oxygen atoms in total. The van der Waals surface area contributed by atoms with Crippen LogP contribution in [0.5, 0.6) is 0 Å². The molecule has 20 heavy (non-hydrogen) atoms. The number of rotatable bonds is 3. The van der Waals surface area contributed by atoms with Gasteiger partial charge < -0.3 is 10.2 Å². The third kappa shape index (κ3) is 2.52. The number of hydrogen-bond acceptors (Lipinski definition) is 6. The lowest BCUT2D eigenvalue weighted by Gasteiger charge is -1.97. The molecule has 2 heterocycles. The van der Waals surface area contributed by atoms with Crippen molar-refractivity contribution in [2.24, 2.45) is 0 Å². The van der Waals surface area contributed by atoms with Crippen LogP contribution in [-0.2, 0) is 0 Å². The maximum atomic E-state index is 11.8. The van der Waals surface area contributed by atoms with Gasteiger partial charge in [0.2, 0.25) is 5.13 Å². The van der Waals surface area contributed by atoms with Crippen molar-refractivity contribution in [3.8, 4) is 10.6 Å². The Morgan fingerprint density at radius 1 is 1.25 bits per heavy atom. The third-order valence-corrected chi connectivity index (χ3v) is 3.41. The molecule has 2 aromatic heterocycles. The summed E-state index contributed by atoms with van der Waals surface area (Å²) in [6, 6.07) is 10.5. The summed E-state index contributed by atoms with van der Waals surface area (Å²) in [6.07, 6.45) is 1.44. The number of amides is 1. The smallest absolute Gasteiger partial charge is 0.293 e. The summed E-state index contributed by atoms with van der Waals surface area (Å²) in [7, 11) is 0. The summed E-state index contributed by atoms with van der Waals surface area (Å²) in [4.78, 5) is 11.8. The van der Waals surface area contributed by atoms with Crippen molar-refractivity contribution in [3.63, 3.8) is 0 Å². The minimum Gasteiger partial charge on any atom is -0.459 e. The highest BCUT2D eigenvalue weighted by Gasteiger charge is 2.13. The number of benzene rings is 1. The van der Waals surface area contributed by atoms with Crippen molar-refractivity contribution in [1.82, 2.24) is 10.2 Å². The van der Waals surface area contributed by atoms with Crippen LogP contribution in [0.15, 0.2) is 47.1 Å². The summed E-state index contributed by atoms with van der Waals surface area (Å²) < 4.78 is 5.00. The number of aromatic nitrogens is 2. The standard InChI is InChI=1S/C13H10N4O2S/c14-9-4-1-3-8(7-9)12-16-17-13(20-12)15-11(18)10-5-2-6-19-10/h1-7H,14H2,(H,15,17,18). The van der Waals surface area contributed by atoms with E-state index in [-0.39, 0.29) is 11.7 Å². The highest BCUT2D eigenvalue weighted by Crippen LogP contribution is 2.27. The number of carbonyl (C=O) groups excluding carboxylic acids is 1. The van der Waals surface area contributed by atoms with Crippen LogP contribution in [0.2, 0.25) is 0 Å². The molecule has 0 aliphatic carbocycles. The van der Waals surface area contributed by atoms with E-state index in [0.717, 1.165) is 5.56 Å². The summed E-state index contributed by atoms with van der Waals surface area (Å²) in [5.74, 6) is -0.129. The van der Waals surface area contributed by atoms with Crippen molar-refractivity contribution >= 4 is 28.1 Å². The van der Waals surface area contributed by atoms with E-state index >= 15 is 0 Å². The second-order valence-electron chi connectivity index (χ2n) is 3.97. The molecule has 0 atom stereocenters. The van der Waals surface area contributed by atoms with Crippen molar-refractivity contribution in [2.45, 2.75) is 0 Å². The topological polar surface area (TPSA) is 94.0 Å². The van der Waals surface area contributed by atoms with E-state index in [9.17, 15) is 4.79 Å². The number of nitrogens with one attached hydrogen (secondary N) is 1. The lowest BCUT2D eigenvalue weighted by atomic mass is 10.2. The normalized spacial score (nSPS) is 10.4. The first-order valence-electron chi connectivity index (χ1n) is 5.76. The van der Waals surface area contributed by atoms with Gasteiger partial charge in [-0.1, -0.05) is 23.5 Å². The minimum atomic E-state index is -0.356. The monoisotopic (exact) mass is 286 g/mol. The molecule has 0 radical (unpaired) electrons. The zero-order chi connectivity index (χ0) is 13.9. The van der Waals surface area contributed by atoms with Crippen molar-refractivity contribution in [1.29, 1.82) is 0 Å². The zero-order valence-electron chi connectivity index (χ0n) is 10.2. The molecular weight excluding hydrogens is 276 g/mol. The van der Waals surface area contributed by atoms with Crippen LogP contribution in [0, 0.1) is 0 Å². The molecule has 0 bridgehead atoms. The third-order valence-electron chi connectivity index (χ3n) is 2.52. The van der Waals surface area contributed by atoms with E-state index in [1.807, 2.05) is 12.1 Å². The lowest BCUT2D eigenvalue weighted by molar-refractivity contribution is 0.0996. The SMILES string of the molecule is Nc1cccc(-c2nnc(NC(=O)c3ccco3)s2)c1. The average molecular weight is 286 g/mol. The van der Waals surface area contributed by atoms with Gasteiger partial charge in [-0.25, -0.2) is 0 Å². The van der Waals surface area contributed by atoms with Gasteiger partial charge >= 0.3 is 0 Å². The van der Waals surface area contributed by atoms with Gasteiger partial charge in [-0.3, -0.25) is 10.1 Å². The van der Waals surface area contributed by atoms with E-state index in [1.54, 1.807) is 24.3 Å². The molecule has 1 aromatic carbocycles. The largest absolute Gasteiger partial charge is 0.459 e. The molecule has 0 fully saturated rings. The Morgan fingerprint density at radius 3 is 2.90 bits per heavy atom. The first-order chi connectivity index (χ1) is 9.72. The molecule has 0 saturated carbocycles. The van der Waals surface area contributed by atoms with Crippen LogP contribution in [0.25, 0.3) is 10.6 Å². The van der Waals surface area contributed by atoms with E-state index in [2.05, 4.69) is 15.5 Å². The highest BCUT2D eigenvalue weighted by atomic mass is 32.1. The number of nitrogens with two attached hydrogens (primary N) is 1. The Labute approximate surface area is 118 Å². The van der Waals surface area contributed by atoms with E-state index in [4.69, 9.17) is 10.2 Å². The minimum absolute atomic E-state index is 0.228. The van der Waals surface area contributed by atoms with Gasteiger partial charge in [0.15, 0.2) is 5.76 Å². The molecule has 3 N–H and O–H groups in total. The maximum Gasteiger partial charge on any atom is 0.293 e. The summed E-state index contributed by atoms with van der Waals surface area (Å²) in [5.41, 5.74) is 7.24. The zero-order valence-corrected chi connectivity index (χ0v) is 11.1. The fourth-order valence-corrected chi connectivity index (χ4v) is 2.36. The van der Waals surface area contributed by atoms with Gasteiger partial charge in [-0.05, 0) is 24.3 Å². The predicted octanol–water partition coefficient (Wildman–Crippen LogP) is 2.63.